The molecule has 1 aliphatic rings. The molecular weight excluding hydrogens is 498 g/mol. The molecule has 1 saturated heterocycles. The predicted octanol–water partition coefficient (Wildman–Crippen LogP) is 6.59. The van der Waals surface area contributed by atoms with Crippen LogP contribution in [0.4, 0.5) is 31.1 Å². The third-order valence-corrected chi connectivity index (χ3v) is 7.22. The van der Waals surface area contributed by atoms with Gasteiger partial charge >= 0.3 is 18.4 Å². The second-order valence-electron chi connectivity index (χ2n) is 8.73. The lowest BCUT2D eigenvalue weighted by Crippen LogP contribution is -2.50. The van der Waals surface area contributed by atoms with Gasteiger partial charge < -0.3 is 15.0 Å². The Balaban J connectivity index is 1.70. The zero-order chi connectivity index (χ0) is 26.0. The highest BCUT2D eigenvalue weighted by Gasteiger charge is 2.60. The summed E-state index contributed by atoms with van der Waals surface area (Å²) in [4.78, 5) is 27.4. The van der Waals surface area contributed by atoms with Gasteiger partial charge in [-0.05, 0) is 50.1 Å². The Hall–Kier alpha value is -2.50. The lowest BCUT2D eigenvalue weighted by molar-refractivity contribution is -0.307. The lowest BCUT2D eigenvalue weighted by atomic mass is 9.86. The van der Waals surface area contributed by atoms with E-state index >= 15 is 0 Å². The molecule has 0 spiro atoms. The van der Waals surface area contributed by atoms with E-state index in [1.54, 1.807) is 4.90 Å². The molecule has 1 N–H and O–H groups in total. The van der Waals surface area contributed by atoms with Gasteiger partial charge in [-0.3, -0.25) is 4.79 Å². The molecule has 1 aliphatic heterocycles. The number of aryl methyl sites for hydroxylation is 1. The molecule has 0 saturated carbocycles. The largest absolute Gasteiger partial charge is 0.434 e. The first kappa shape index (κ1) is 27.1. The van der Waals surface area contributed by atoms with Gasteiger partial charge in [-0.15, -0.1) is 11.3 Å². The zero-order valence-electron chi connectivity index (χ0n) is 19.2. The number of carbonyl (C=O) groups is 2. The molecule has 1 unspecified atom stereocenters. The van der Waals surface area contributed by atoms with Crippen molar-refractivity contribution >= 4 is 33.4 Å². The fourth-order valence-corrected chi connectivity index (χ4v) is 5.62. The van der Waals surface area contributed by atoms with Gasteiger partial charge in [-0.25, -0.2) is 4.79 Å². The summed E-state index contributed by atoms with van der Waals surface area (Å²) in [5.41, 5.74) is 0.394. The van der Waals surface area contributed by atoms with Gasteiger partial charge in [0.05, 0.1) is 4.88 Å². The number of carbonyl (C=O) groups excluding carboxylic acids is 2. The number of benzene rings is 1. The molecule has 2 amide bonds. The number of hydrogen-bond acceptors (Lipinski definition) is 4. The maximum absolute atomic E-state index is 13.4. The minimum absolute atomic E-state index is 0.174. The molecule has 1 fully saturated rings. The van der Waals surface area contributed by atoms with Crippen LogP contribution in [0.3, 0.4) is 0 Å². The molecule has 0 radical (unpaired) electrons. The van der Waals surface area contributed by atoms with Crippen LogP contribution in [0, 0.1) is 6.92 Å². The molecule has 0 aliphatic carbocycles. The van der Waals surface area contributed by atoms with Crippen LogP contribution >= 0.6 is 11.3 Å². The quantitative estimate of drug-likeness (QED) is 0.416. The average molecular weight is 525 g/mol. The Labute approximate surface area is 202 Å². The van der Waals surface area contributed by atoms with Crippen molar-refractivity contribution in [1.29, 1.82) is 0 Å². The van der Waals surface area contributed by atoms with E-state index in [0.29, 0.717) is 37.1 Å². The number of ether oxygens (including phenoxy) is 1. The molecule has 5 nitrogen and oxygen atoms in total. The van der Waals surface area contributed by atoms with E-state index < -0.39 is 30.1 Å². The minimum atomic E-state index is -5.78. The second-order valence-corrected chi connectivity index (χ2v) is 9.82. The van der Waals surface area contributed by atoms with Crippen LogP contribution in [0.2, 0.25) is 0 Å². The number of rotatable bonds is 7. The number of nitrogens with one attached hydrogen (secondary N) is 1. The summed E-state index contributed by atoms with van der Waals surface area (Å²) >= 11 is 1.37. The molecule has 2 heterocycles. The van der Waals surface area contributed by atoms with Crippen molar-refractivity contribution in [3.05, 3.63) is 34.7 Å². The van der Waals surface area contributed by atoms with Gasteiger partial charge in [0.2, 0.25) is 0 Å². The standard InChI is InChI=1S/C23H26F6N2O3S/c1-3-7-21(9-10-30-20(33)34-19(22(24,25)26)23(27,28)29)8-4-11-31(21)18(32)17-13-15-12-14(2)5-6-16(15)35-17/h5-6,12-13,19H,3-4,7-11H2,1-2H3,(H,30,33). The van der Waals surface area contributed by atoms with E-state index in [1.165, 1.54) is 11.3 Å². The Morgan fingerprint density at radius 1 is 1.14 bits per heavy atom. The van der Waals surface area contributed by atoms with Crippen LogP contribution in [0.5, 0.6) is 0 Å². The summed E-state index contributed by atoms with van der Waals surface area (Å²) in [6.45, 7) is 4.11. The minimum Gasteiger partial charge on any atom is -0.427 e. The van der Waals surface area contributed by atoms with E-state index in [0.717, 1.165) is 15.6 Å². The maximum Gasteiger partial charge on any atom is 0.434 e. The maximum atomic E-state index is 13.4. The van der Waals surface area contributed by atoms with Crippen LogP contribution < -0.4 is 5.32 Å². The zero-order valence-corrected chi connectivity index (χ0v) is 20.0. The fraction of sp³-hybridized carbons (Fsp3) is 0.565. The highest BCUT2D eigenvalue weighted by molar-refractivity contribution is 7.20. The van der Waals surface area contributed by atoms with E-state index in [9.17, 15) is 35.9 Å². The van der Waals surface area contributed by atoms with Crippen molar-refractivity contribution in [2.24, 2.45) is 0 Å². The molecule has 194 valence electrons. The van der Waals surface area contributed by atoms with Gasteiger partial charge in [0.1, 0.15) is 0 Å². The Kier molecular flexibility index (Phi) is 7.93. The third kappa shape index (κ3) is 6.20. The van der Waals surface area contributed by atoms with E-state index in [4.69, 9.17) is 0 Å². The van der Waals surface area contributed by atoms with Crippen molar-refractivity contribution in [2.45, 2.75) is 69.9 Å². The van der Waals surface area contributed by atoms with E-state index in [2.05, 4.69) is 4.74 Å². The molecule has 35 heavy (non-hydrogen) atoms. The molecule has 12 heteroatoms. The summed E-state index contributed by atoms with van der Waals surface area (Å²) in [6.07, 6.45) is -14.8. The van der Waals surface area contributed by atoms with Gasteiger partial charge in [-0.1, -0.05) is 31.0 Å². The second kappa shape index (κ2) is 10.2. The first-order valence-corrected chi connectivity index (χ1v) is 12.0. The SMILES string of the molecule is CCCC1(CCNC(=O)OC(C(F)(F)F)C(F)(F)F)CCCN1C(=O)c1cc2cc(C)ccc2s1. The van der Waals surface area contributed by atoms with Crippen LogP contribution in [0.25, 0.3) is 10.1 Å². The van der Waals surface area contributed by atoms with E-state index in [1.807, 2.05) is 43.4 Å². The number of halogens is 6. The number of thiophene rings is 1. The van der Waals surface area contributed by atoms with Crippen molar-refractivity contribution in [1.82, 2.24) is 10.2 Å². The monoisotopic (exact) mass is 524 g/mol. The highest BCUT2D eigenvalue weighted by Crippen LogP contribution is 2.39. The summed E-state index contributed by atoms with van der Waals surface area (Å²) in [5, 5.41) is 2.95. The van der Waals surface area contributed by atoms with Crippen LogP contribution in [-0.2, 0) is 4.74 Å². The Morgan fingerprint density at radius 2 is 1.83 bits per heavy atom. The van der Waals surface area contributed by atoms with Gasteiger partial charge in [-0.2, -0.15) is 26.3 Å². The van der Waals surface area contributed by atoms with Crippen LogP contribution in [0.15, 0.2) is 24.3 Å². The molecule has 2 aromatic rings. The highest BCUT2D eigenvalue weighted by atomic mass is 32.1. The van der Waals surface area contributed by atoms with Crippen molar-refractivity contribution in [3.63, 3.8) is 0 Å². The number of amides is 2. The van der Waals surface area contributed by atoms with Crippen molar-refractivity contribution in [3.8, 4) is 0 Å². The number of likely N-dealkylation sites (tertiary alicyclic amines) is 1. The smallest absolute Gasteiger partial charge is 0.427 e. The van der Waals surface area contributed by atoms with E-state index in [-0.39, 0.29) is 18.9 Å². The topological polar surface area (TPSA) is 58.6 Å². The number of hydrogen-bond donors (Lipinski definition) is 1. The van der Waals surface area contributed by atoms with Crippen LogP contribution in [-0.4, -0.2) is 54.0 Å². The molecule has 1 atom stereocenters. The van der Waals surface area contributed by atoms with Gasteiger partial charge in [0.25, 0.3) is 12.0 Å². The normalized spacial score (nSPS) is 18.9. The molecule has 1 aromatic heterocycles. The Bertz CT molecular complexity index is 1050. The molecule has 0 bridgehead atoms. The number of nitrogens with zero attached hydrogens (tertiary/aromatic N) is 1. The number of alkyl carbamates (subject to hydrolysis) is 1. The van der Waals surface area contributed by atoms with Gasteiger partial charge in [0, 0.05) is 23.3 Å². The summed E-state index contributed by atoms with van der Waals surface area (Å²) < 4.78 is 80.4. The fourth-order valence-electron chi connectivity index (χ4n) is 4.63. The number of fused-ring (bicyclic) bond motifs is 1. The third-order valence-electron chi connectivity index (χ3n) is 6.12. The summed E-state index contributed by atoms with van der Waals surface area (Å²) in [7, 11) is 0. The van der Waals surface area contributed by atoms with Crippen molar-refractivity contribution < 1.29 is 40.7 Å². The lowest BCUT2D eigenvalue weighted by Gasteiger charge is -2.39. The molecular formula is C23H26F6N2O3S. The first-order chi connectivity index (χ1) is 16.3. The number of alkyl halides is 6. The predicted molar refractivity (Wildman–Crippen MR) is 119 cm³/mol. The van der Waals surface area contributed by atoms with Gasteiger partial charge in [0.15, 0.2) is 0 Å². The van der Waals surface area contributed by atoms with Crippen molar-refractivity contribution in [2.75, 3.05) is 13.1 Å². The summed E-state index contributed by atoms with van der Waals surface area (Å²) in [5.74, 6) is -0.174. The summed E-state index contributed by atoms with van der Waals surface area (Å²) in [6, 6.07) is 7.71. The molecule has 1 aromatic carbocycles. The average Bonchev–Trinajstić information content (AvgIpc) is 3.34. The van der Waals surface area contributed by atoms with Crippen LogP contribution in [0.1, 0.15) is 54.3 Å². The first-order valence-electron chi connectivity index (χ1n) is 11.2. The Morgan fingerprint density at radius 3 is 2.46 bits per heavy atom. The molecule has 3 rings (SSSR count).